The van der Waals surface area contributed by atoms with Gasteiger partial charge in [0.05, 0.1) is 0 Å². The Morgan fingerprint density at radius 2 is 1.81 bits per heavy atom. The first kappa shape index (κ1) is 20.4. The van der Waals surface area contributed by atoms with Gasteiger partial charge in [-0.1, -0.05) is 12.1 Å². The van der Waals surface area contributed by atoms with Crippen molar-refractivity contribution >= 4 is 11.9 Å². The van der Waals surface area contributed by atoms with Gasteiger partial charge in [-0.05, 0) is 24.1 Å². The van der Waals surface area contributed by atoms with Crippen LogP contribution in [0.2, 0.25) is 0 Å². The Balaban J connectivity index is 0.000000321. The minimum Gasteiger partial charge on any atom is -0.475 e. The normalized spacial score (nSPS) is 16.6. The SMILES string of the molecule is Cn1ccnc1C(=O)N1CCC(c2ccc(F)cc2)C1.O=C(O)C(F)(F)F. The van der Waals surface area contributed by atoms with E-state index in [4.69, 9.17) is 9.90 Å². The quantitative estimate of drug-likeness (QED) is 0.805. The number of rotatable bonds is 2. The summed E-state index contributed by atoms with van der Waals surface area (Å²) in [5.41, 5.74) is 1.08. The van der Waals surface area contributed by atoms with E-state index in [0.29, 0.717) is 18.9 Å². The van der Waals surface area contributed by atoms with Gasteiger partial charge in [-0.15, -0.1) is 0 Å². The van der Waals surface area contributed by atoms with Crippen LogP contribution in [0.15, 0.2) is 36.7 Å². The first-order valence-corrected chi connectivity index (χ1v) is 7.91. The van der Waals surface area contributed by atoms with Gasteiger partial charge in [0.15, 0.2) is 5.82 Å². The molecule has 1 aliphatic rings. The van der Waals surface area contributed by atoms with Gasteiger partial charge < -0.3 is 14.6 Å². The van der Waals surface area contributed by atoms with E-state index < -0.39 is 12.1 Å². The van der Waals surface area contributed by atoms with Gasteiger partial charge in [0.1, 0.15) is 5.82 Å². The Morgan fingerprint density at radius 3 is 2.30 bits per heavy atom. The van der Waals surface area contributed by atoms with Crippen molar-refractivity contribution in [3.8, 4) is 0 Å². The number of hydrogen-bond acceptors (Lipinski definition) is 3. The third kappa shape index (κ3) is 5.28. The average Bonchev–Trinajstić information content (AvgIpc) is 3.24. The van der Waals surface area contributed by atoms with Gasteiger partial charge in [0, 0.05) is 38.4 Å². The first-order valence-electron chi connectivity index (χ1n) is 7.91. The number of carboxylic acids is 1. The molecular weight excluding hydrogens is 370 g/mol. The number of aromatic nitrogens is 2. The highest BCUT2D eigenvalue weighted by Crippen LogP contribution is 2.28. The standard InChI is InChI=1S/C15H16FN3O.C2HF3O2/c1-18-9-7-17-14(18)15(20)19-8-6-12(10-19)11-2-4-13(16)5-3-11;3-2(4,5)1(6)7/h2-5,7,9,12H,6,8,10H2,1H3;(H,6,7). The third-order valence-corrected chi connectivity index (χ3v) is 4.07. The molecule has 2 aromatic rings. The highest BCUT2D eigenvalue weighted by Gasteiger charge is 2.38. The van der Waals surface area contributed by atoms with Crippen molar-refractivity contribution in [1.82, 2.24) is 14.5 Å². The fourth-order valence-electron chi connectivity index (χ4n) is 2.66. The molecule has 1 aromatic heterocycles. The van der Waals surface area contributed by atoms with Crippen molar-refractivity contribution in [2.24, 2.45) is 7.05 Å². The Bertz CT molecular complexity index is 803. The van der Waals surface area contributed by atoms with Crippen LogP contribution in [0, 0.1) is 5.82 Å². The number of likely N-dealkylation sites (tertiary alicyclic amines) is 1. The molecule has 1 N–H and O–H groups in total. The number of halogens is 4. The van der Waals surface area contributed by atoms with Gasteiger partial charge in [-0.3, -0.25) is 4.79 Å². The Morgan fingerprint density at radius 1 is 1.22 bits per heavy atom. The highest BCUT2D eigenvalue weighted by atomic mass is 19.4. The lowest BCUT2D eigenvalue weighted by molar-refractivity contribution is -0.192. The second-order valence-corrected chi connectivity index (χ2v) is 5.95. The zero-order valence-electron chi connectivity index (χ0n) is 14.3. The van der Waals surface area contributed by atoms with Crippen LogP contribution in [-0.4, -0.2) is 50.7 Å². The molecular formula is C17H17F4N3O3. The van der Waals surface area contributed by atoms with Gasteiger partial charge in [0.2, 0.25) is 0 Å². The molecule has 1 unspecified atom stereocenters. The molecule has 2 heterocycles. The molecule has 0 saturated carbocycles. The van der Waals surface area contributed by atoms with Crippen molar-refractivity contribution < 1.29 is 32.3 Å². The fraction of sp³-hybridized carbons (Fsp3) is 0.353. The molecule has 27 heavy (non-hydrogen) atoms. The van der Waals surface area contributed by atoms with Crippen molar-refractivity contribution in [3.63, 3.8) is 0 Å². The largest absolute Gasteiger partial charge is 0.490 e. The number of alkyl halides is 3. The second-order valence-electron chi connectivity index (χ2n) is 5.95. The molecule has 3 rings (SSSR count). The Kier molecular flexibility index (Phi) is 6.19. The summed E-state index contributed by atoms with van der Waals surface area (Å²) in [5.74, 6) is -2.29. The summed E-state index contributed by atoms with van der Waals surface area (Å²) in [6.07, 6.45) is -0.788. The predicted octanol–water partition coefficient (Wildman–Crippen LogP) is 2.82. The van der Waals surface area contributed by atoms with Crippen molar-refractivity contribution in [2.75, 3.05) is 13.1 Å². The summed E-state index contributed by atoms with van der Waals surface area (Å²) >= 11 is 0. The van der Waals surface area contributed by atoms with Crippen LogP contribution < -0.4 is 0 Å². The number of nitrogens with zero attached hydrogens (tertiary/aromatic N) is 3. The van der Waals surface area contributed by atoms with E-state index in [2.05, 4.69) is 4.98 Å². The number of carboxylic acid groups (broad SMARTS) is 1. The molecule has 1 fully saturated rings. The van der Waals surface area contributed by atoms with Crippen LogP contribution in [0.3, 0.4) is 0 Å². The smallest absolute Gasteiger partial charge is 0.475 e. The monoisotopic (exact) mass is 387 g/mol. The number of imidazole rings is 1. The van der Waals surface area contributed by atoms with E-state index in [1.807, 2.05) is 11.9 Å². The molecule has 6 nitrogen and oxygen atoms in total. The summed E-state index contributed by atoms with van der Waals surface area (Å²) in [4.78, 5) is 27.1. The molecule has 10 heteroatoms. The number of carbonyl (C=O) groups excluding carboxylic acids is 1. The van der Waals surface area contributed by atoms with Crippen molar-refractivity contribution in [2.45, 2.75) is 18.5 Å². The van der Waals surface area contributed by atoms with Crippen LogP contribution in [0.4, 0.5) is 17.6 Å². The number of amides is 1. The fourth-order valence-corrected chi connectivity index (χ4v) is 2.66. The van der Waals surface area contributed by atoms with Gasteiger partial charge >= 0.3 is 12.1 Å². The molecule has 146 valence electrons. The minimum absolute atomic E-state index is 0.0397. The maximum Gasteiger partial charge on any atom is 0.490 e. The molecule has 1 amide bonds. The second kappa shape index (κ2) is 8.19. The average molecular weight is 387 g/mol. The minimum atomic E-state index is -5.08. The Hall–Kier alpha value is -2.91. The number of hydrogen-bond donors (Lipinski definition) is 1. The van der Waals surface area contributed by atoms with Crippen LogP contribution in [0.25, 0.3) is 0 Å². The summed E-state index contributed by atoms with van der Waals surface area (Å²) in [6, 6.07) is 6.54. The maximum absolute atomic E-state index is 12.9. The molecule has 1 aromatic carbocycles. The number of aliphatic carboxylic acids is 1. The van der Waals surface area contributed by atoms with E-state index >= 15 is 0 Å². The zero-order valence-corrected chi connectivity index (χ0v) is 14.3. The van der Waals surface area contributed by atoms with E-state index in [9.17, 15) is 22.4 Å². The Labute approximate surface area is 152 Å². The summed E-state index contributed by atoms with van der Waals surface area (Å²) in [7, 11) is 1.81. The van der Waals surface area contributed by atoms with Crippen LogP contribution >= 0.6 is 0 Å². The molecule has 0 aliphatic carbocycles. The molecule has 0 spiro atoms. The van der Waals surface area contributed by atoms with Crippen molar-refractivity contribution in [3.05, 3.63) is 53.9 Å². The first-order chi connectivity index (χ1) is 12.6. The lowest BCUT2D eigenvalue weighted by Gasteiger charge is -2.16. The number of aryl methyl sites for hydroxylation is 1. The van der Waals surface area contributed by atoms with Crippen LogP contribution in [-0.2, 0) is 11.8 Å². The number of benzene rings is 1. The predicted molar refractivity (Wildman–Crippen MR) is 86.6 cm³/mol. The topological polar surface area (TPSA) is 75.4 Å². The highest BCUT2D eigenvalue weighted by molar-refractivity contribution is 5.91. The summed E-state index contributed by atoms with van der Waals surface area (Å²) < 4.78 is 46.4. The van der Waals surface area contributed by atoms with E-state index in [1.165, 1.54) is 12.1 Å². The molecule has 1 saturated heterocycles. The number of carbonyl (C=O) groups is 2. The molecule has 1 aliphatic heterocycles. The zero-order chi connectivity index (χ0) is 20.2. The van der Waals surface area contributed by atoms with Gasteiger partial charge in [-0.25, -0.2) is 14.2 Å². The van der Waals surface area contributed by atoms with Gasteiger partial charge in [0.25, 0.3) is 5.91 Å². The van der Waals surface area contributed by atoms with E-state index in [-0.39, 0.29) is 17.6 Å². The van der Waals surface area contributed by atoms with Crippen LogP contribution in [0.5, 0.6) is 0 Å². The van der Waals surface area contributed by atoms with E-state index in [0.717, 1.165) is 12.0 Å². The van der Waals surface area contributed by atoms with Gasteiger partial charge in [-0.2, -0.15) is 13.2 Å². The van der Waals surface area contributed by atoms with Crippen LogP contribution in [0.1, 0.15) is 28.5 Å². The van der Waals surface area contributed by atoms with Crippen molar-refractivity contribution in [1.29, 1.82) is 0 Å². The van der Waals surface area contributed by atoms with E-state index in [1.54, 1.807) is 29.1 Å². The third-order valence-electron chi connectivity index (χ3n) is 4.07. The maximum atomic E-state index is 12.9. The molecule has 0 radical (unpaired) electrons. The summed E-state index contributed by atoms with van der Waals surface area (Å²) in [6.45, 7) is 1.38. The lowest BCUT2D eigenvalue weighted by Crippen LogP contribution is -2.30. The lowest BCUT2D eigenvalue weighted by atomic mass is 9.99. The molecule has 0 bridgehead atoms. The summed E-state index contributed by atoms with van der Waals surface area (Å²) in [5, 5.41) is 7.12. The molecule has 1 atom stereocenters.